The van der Waals surface area contributed by atoms with Crippen LogP contribution in [0.15, 0.2) is 45.4 Å². The molecule has 0 atom stereocenters. The van der Waals surface area contributed by atoms with Crippen LogP contribution < -0.4 is 4.80 Å². The molecule has 0 bridgehead atoms. The standard InChI is InChI=1S/C16H15FN4O2S2/c1-11-18-14(20-23-11)9-24-10-15(22)19-16-21(6-7-25-16)8-12-4-2-3-5-13(12)17/h2-7H,8-10H2,1H3. The van der Waals surface area contributed by atoms with Crippen molar-refractivity contribution in [1.29, 1.82) is 0 Å². The average Bonchev–Trinajstić information content (AvgIpc) is 3.19. The summed E-state index contributed by atoms with van der Waals surface area (Å²) in [4.78, 5) is 20.8. The van der Waals surface area contributed by atoms with Crippen molar-refractivity contribution in [3.8, 4) is 0 Å². The minimum Gasteiger partial charge on any atom is -0.340 e. The number of aryl methyl sites for hydroxylation is 1. The molecule has 0 N–H and O–H groups in total. The Hall–Kier alpha value is -2.26. The highest BCUT2D eigenvalue weighted by Gasteiger charge is 2.07. The number of nitrogens with zero attached hydrogens (tertiary/aromatic N) is 4. The molecule has 0 radical (unpaired) electrons. The summed E-state index contributed by atoms with van der Waals surface area (Å²) in [5.74, 6) is 1.23. The molecule has 3 rings (SSSR count). The molecular formula is C16H15FN4O2S2. The number of halogens is 1. The van der Waals surface area contributed by atoms with Gasteiger partial charge < -0.3 is 9.09 Å². The molecule has 0 spiro atoms. The molecule has 2 aromatic heterocycles. The number of amides is 1. The van der Waals surface area contributed by atoms with Crippen molar-refractivity contribution in [3.05, 3.63) is 63.7 Å². The summed E-state index contributed by atoms with van der Waals surface area (Å²) in [7, 11) is 0. The van der Waals surface area contributed by atoms with Gasteiger partial charge in [-0.1, -0.05) is 23.4 Å². The molecule has 0 aliphatic carbocycles. The third-order valence-corrected chi connectivity index (χ3v) is 4.91. The number of hydrogen-bond donors (Lipinski definition) is 0. The maximum Gasteiger partial charge on any atom is 0.258 e. The zero-order valence-corrected chi connectivity index (χ0v) is 15.0. The normalized spacial score (nSPS) is 11.8. The number of carbonyl (C=O) groups is 1. The third-order valence-electron chi connectivity index (χ3n) is 3.21. The summed E-state index contributed by atoms with van der Waals surface area (Å²) in [6.45, 7) is 2.05. The van der Waals surface area contributed by atoms with E-state index in [1.165, 1.54) is 29.2 Å². The van der Waals surface area contributed by atoms with Gasteiger partial charge in [0.1, 0.15) is 5.82 Å². The summed E-state index contributed by atoms with van der Waals surface area (Å²) >= 11 is 2.71. The SMILES string of the molecule is Cc1nc(CSCC(=O)N=c2sccn2Cc2ccccc2F)no1. The molecule has 6 nitrogen and oxygen atoms in total. The fourth-order valence-electron chi connectivity index (χ4n) is 2.09. The van der Waals surface area contributed by atoms with E-state index in [1.54, 1.807) is 35.9 Å². The first-order chi connectivity index (χ1) is 12.1. The fraction of sp³-hybridized carbons (Fsp3) is 0.250. The van der Waals surface area contributed by atoms with Gasteiger partial charge in [-0.15, -0.1) is 23.1 Å². The van der Waals surface area contributed by atoms with Gasteiger partial charge in [-0.3, -0.25) is 4.79 Å². The van der Waals surface area contributed by atoms with E-state index in [0.717, 1.165) is 0 Å². The van der Waals surface area contributed by atoms with E-state index in [-0.39, 0.29) is 17.5 Å². The van der Waals surface area contributed by atoms with E-state index >= 15 is 0 Å². The highest BCUT2D eigenvalue weighted by molar-refractivity contribution is 7.99. The Balaban J connectivity index is 1.62. The second kappa shape index (κ2) is 8.21. The Bertz CT molecular complexity index is 932. The molecule has 3 aromatic rings. The predicted octanol–water partition coefficient (Wildman–Crippen LogP) is 2.79. The minimum atomic E-state index is -0.274. The molecule has 1 aromatic carbocycles. The molecule has 0 saturated carbocycles. The van der Waals surface area contributed by atoms with Gasteiger partial charge in [-0.05, 0) is 6.07 Å². The first kappa shape index (κ1) is 17.6. The van der Waals surface area contributed by atoms with Crippen molar-refractivity contribution in [2.75, 3.05) is 5.75 Å². The van der Waals surface area contributed by atoms with Gasteiger partial charge >= 0.3 is 0 Å². The molecule has 0 unspecified atom stereocenters. The second-order valence-electron chi connectivity index (χ2n) is 5.13. The zero-order chi connectivity index (χ0) is 17.6. The smallest absolute Gasteiger partial charge is 0.258 e. The van der Waals surface area contributed by atoms with Gasteiger partial charge in [0.05, 0.1) is 18.1 Å². The van der Waals surface area contributed by atoms with E-state index in [1.807, 2.05) is 5.38 Å². The third kappa shape index (κ3) is 4.86. The van der Waals surface area contributed by atoms with Crippen LogP contribution >= 0.6 is 23.1 Å². The first-order valence-corrected chi connectivity index (χ1v) is 9.47. The van der Waals surface area contributed by atoms with Gasteiger partial charge in [0.15, 0.2) is 10.6 Å². The van der Waals surface area contributed by atoms with Crippen molar-refractivity contribution < 1.29 is 13.7 Å². The lowest BCUT2D eigenvalue weighted by Gasteiger charge is -2.04. The van der Waals surface area contributed by atoms with Gasteiger partial charge in [0, 0.05) is 24.1 Å². The molecule has 9 heteroatoms. The minimum absolute atomic E-state index is 0.213. The second-order valence-corrected chi connectivity index (χ2v) is 6.99. The van der Waals surface area contributed by atoms with Crippen LogP contribution in [0.1, 0.15) is 17.3 Å². The molecule has 0 aliphatic rings. The van der Waals surface area contributed by atoms with Crippen LogP contribution in [-0.2, 0) is 17.1 Å². The number of rotatable bonds is 6. The van der Waals surface area contributed by atoms with Crippen LogP contribution in [0.5, 0.6) is 0 Å². The van der Waals surface area contributed by atoms with Crippen LogP contribution in [0.4, 0.5) is 4.39 Å². The summed E-state index contributed by atoms with van der Waals surface area (Å²) in [6, 6.07) is 6.56. The van der Waals surface area contributed by atoms with Crippen molar-refractivity contribution in [3.63, 3.8) is 0 Å². The predicted molar refractivity (Wildman–Crippen MR) is 93.6 cm³/mol. The van der Waals surface area contributed by atoms with Crippen LogP contribution in [0, 0.1) is 12.7 Å². The molecule has 1 amide bonds. The number of thioether (sulfide) groups is 1. The van der Waals surface area contributed by atoms with E-state index in [4.69, 9.17) is 4.52 Å². The largest absolute Gasteiger partial charge is 0.340 e. The topological polar surface area (TPSA) is 73.3 Å². The Morgan fingerprint density at radius 1 is 1.44 bits per heavy atom. The molecular weight excluding hydrogens is 363 g/mol. The van der Waals surface area contributed by atoms with E-state index in [9.17, 15) is 9.18 Å². The Morgan fingerprint density at radius 2 is 2.28 bits per heavy atom. The lowest BCUT2D eigenvalue weighted by atomic mass is 10.2. The summed E-state index contributed by atoms with van der Waals surface area (Å²) in [5, 5.41) is 5.59. The highest BCUT2D eigenvalue weighted by atomic mass is 32.2. The zero-order valence-electron chi connectivity index (χ0n) is 13.4. The van der Waals surface area contributed by atoms with Gasteiger partial charge in [0.25, 0.3) is 5.91 Å². The van der Waals surface area contributed by atoms with E-state index in [2.05, 4.69) is 15.1 Å². The number of aromatic nitrogens is 3. The van der Waals surface area contributed by atoms with Crippen LogP contribution in [0.2, 0.25) is 0 Å². The number of hydrogen-bond acceptors (Lipinski definition) is 6. The monoisotopic (exact) mass is 378 g/mol. The number of carbonyl (C=O) groups excluding carboxylic acids is 1. The molecule has 0 aliphatic heterocycles. The highest BCUT2D eigenvalue weighted by Crippen LogP contribution is 2.10. The molecule has 0 fully saturated rings. The van der Waals surface area contributed by atoms with Crippen molar-refractivity contribution >= 4 is 29.0 Å². The Kier molecular flexibility index (Phi) is 5.77. The van der Waals surface area contributed by atoms with E-state index in [0.29, 0.717) is 34.4 Å². The first-order valence-electron chi connectivity index (χ1n) is 7.43. The van der Waals surface area contributed by atoms with Gasteiger partial charge in [0.2, 0.25) is 5.89 Å². The summed E-state index contributed by atoms with van der Waals surface area (Å²) in [5.41, 5.74) is 0.552. The maximum absolute atomic E-state index is 13.8. The molecule has 130 valence electrons. The van der Waals surface area contributed by atoms with Gasteiger partial charge in [-0.2, -0.15) is 9.98 Å². The summed E-state index contributed by atoms with van der Waals surface area (Å²) < 4.78 is 20.4. The number of benzene rings is 1. The van der Waals surface area contributed by atoms with Gasteiger partial charge in [-0.25, -0.2) is 4.39 Å². The molecule has 0 saturated heterocycles. The quantitative estimate of drug-likeness (QED) is 0.659. The van der Waals surface area contributed by atoms with Crippen molar-refractivity contribution in [2.45, 2.75) is 19.2 Å². The fourth-order valence-corrected chi connectivity index (χ4v) is 3.47. The van der Waals surface area contributed by atoms with Crippen molar-refractivity contribution in [1.82, 2.24) is 14.7 Å². The lowest BCUT2D eigenvalue weighted by molar-refractivity contribution is -0.115. The van der Waals surface area contributed by atoms with Crippen LogP contribution in [-0.4, -0.2) is 26.4 Å². The average molecular weight is 378 g/mol. The molecule has 2 heterocycles. The Labute approximate surface area is 151 Å². The van der Waals surface area contributed by atoms with Crippen molar-refractivity contribution in [2.24, 2.45) is 4.99 Å². The maximum atomic E-state index is 13.8. The molecule has 25 heavy (non-hydrogen) atoms. The van der Waals surface area contributed by atoms with Crippen LogP contribution in [0.3, 0.4) is 0 Å². The number of thiazole rings is 1. The lowest BCUT2D eigenvalue weighted by Crippen LogP contribution is -2.18. The van der Waals surface area contributed by atoms with Crippen LogP contribution in [0.25, 0.3) is 0 Å². The Morgan fingerprint density at radius 3 is 3.04 bits per heavy atom. The van der Waals surface area contributed by atoms with E-state index < -0.39 is 0 Å². The summed E-state index contributed by atoms with van der Waals surface area (Å²) in [6.07, 6.45) is 1.79.